The number of benzene rings is 2. The Bertz CT molecular complexity index is 1130. The van der Waals surface area contributed by atoms with E-state index in [1.165, 1.54) is 22.5 Å². The van der Waals surface area contributed by atoms with Crippen molar-refractivity contribution in [1.82, 2.24) is 15.2 Å². The van der Waals surface area contributed by atoms with Gasteiger partial charge in [0, 0.05) is 31.6 Å². The zero-order valence-electron chi connectivity index (χ0n) is 19.6. The summed E-state index contributed by atoms with van der Waals surface area (Å²) < 4.78 is 0. The first kappa shape index (κ1) is 23.2. The molecular formula is C27H31N3O2S. The summed E-state index contributed by atoms with van der Waals surface area (Å²) in [7, 11) is 0. The molecule has 0 aliphatic carbocycles. The van der Waals surface area contributed by atoms with Gasteiger partial charge in [-0.2, -0.15) is 0 Å². The third kappa shape index (κ3) is 5.69. The minimum Gasteiger partial charge on any atom is -0.352 e. The highest BCUT2D eigenvalue weighted by atomic mass is 32.1. The molecule has 0 radical (unpaired) electrons. The van der Waals surface area contributed by atoms with Crippen LogP contribution in [0, 0.1) is 26.7 Å². The summed E-state index contributed by atoms with van der Waals surface area (Å²) in [6.45, 7) is 7.97. The van der Waals surface area contributed by atoms with Crippen LogP contribution in [-0.4, -0.2) is 34.8 Å². The third-order valence-corrected chi connectivity index (χ3v) is 7.60. The average Bonchev–Trinajstić information content (AvgIpc) is 3.20. The molecule has 172 valence electrons. The van der Waals surface area contributed by atoms with Crippen LogP contribution in [0.5, 0.6) is 0 Å². The van der Waals surface area contributed by atoms with Gasteiger partial charge in [0.2, 0.25) is 5.91 Å². The maximum absolute atomic E-state index is 13.2. The first-order valence-electron chi connectivity index (χ1n) is 11.6. The van der Waals surface area contributed by atoms with Gasteiger partial charge in [0.15, 0.2) is 0 Å². The molecule has 1 saturated heterocycles. The number of carbonyl (C=O) groups is 2. The quantitative estimate of drug-likeness (QED) is 0.542. The summed E-state index contributed by atoms with van der Waals surface area (Å²) in [6.07, 6.45) is 2.23. The number of nitrogens with one attached hydrogen (secondary N) is 1. The highest BCUT2D eigenvalue weighted by Crippen LogP contribution is 2.30. The number of aryl methyl sites for hydroxylation is 3. The molecule has 2 heterocycles. The van der Waals surface area contributed by atoms with Crippen LogP contribution in [0.15, 0.2) is 48.5 Å². The van der Waals surface area contributed by atoms with Gasteiger partial charge < -0.3 is 10.2 Å². The van der Waals surface area contributed by atoms with Crippen LogP contribution in [0.2, 0.25) is 0 Å². The van der Waals surface area contributed by atoms with Crippen molar-refractivity contribution in [2.75, 3.05) is 13.1 Å². The monoisotopic (exact) mass is 461 g/mol. The largest absolute Gasteiger partial charge is 0.352 e. The van der Waals surface area contributed by atoms with Gasteiger partial charge in [0.1, 0.15) is 9.88 Å². The molecule has 0 spiro atoms. The van der Waals surface area contributed by atoms with Crippen molar-refractivity contribution in [1.29, 1.82) is 0 Å². The van der Waals surface area contributed by atoms with Crippen molar-refractivity contribution < 1.29 is 9.59 Å². The van der Waals surface area contributed by atoms with Gasteiger partial charge in [-0.1, -0.05) is 54.1 Å². The molecule has 2 amide bonds. The van der Waals surface area contributed by atoms with Gasteiger partial charge in [-0.05, 0) is 50.7 Å². The van der Waals surface area contributed by atoms with E-state index in [0.29, 0.717) is 32.0 Å². The maximum Gasteiger partial charge on any atom is 0.265 e. The predicted octanol–water partition coefficient (Wildman–Crippen LogP) is 5.29. The zero-order valence-corrected chi connectivity index (χ0v) is 20.4. The van der Waals surface area contributed by atoms with Crippen molar-refractivity contribution in [3.8, 4) is 10.6 Å². The van der Waals surface area contributed by atoms with E-state index in [9.17, 15) is 9.59 Å². The minimum absolute atomic E-state index is 0.0609. The fraction of sp³-hybridized carbons (Fsp3) is 0.370. The molecule has 1 N–H and O–H groups in total. The molecule has 0 atom stereocenters. The van der Waals surface area contributed by atoms with Crippen molar-refractivity contribution in [2.24, 2.45) is 5.92 Å². The van der Waals surface area contributed by atoms with Crippen molar-refractivity contribution in [2.45, 2.75) is 46.6 Å². The Labute approximate surface area is 199 Å². The number of likely N-dealkylation sites (tertiary alicyclic amines) is 1. The van der Waals surface area contributed by atoms with E-state index < -0.39 is 0 Å². The Kier molecular flexibility index (Phi) is 7.23. The minimum atomic E-state index is 0.0609. The number of carbonyl (C=O) groups excluding carboxylic acids is 2. The lowest BCUT2D eigenvalue weighted by molar-refractivity contribution is -0.122. The number of hydrogen-bond acceptors (Lipinski definition) is 4. The van der Waals surface area contributed by atoms with E-state index in [1.54, 1.807) is 0 Å². The van der Waals surface area contributed by atoms with E-state index in [1.807, 2.05) is 30.0 Å². The van der Waals surface area contributed by atoms with Crippen LogP contribution >= 0.6 is 11.3 Å². The number of piperidine rings is 1. The van der Waals surface area contributed by atoms with Gasteiger partial charge in [0.25, 0.3) is 5.91 Å². The number of hydrogen-bond donors (Lipinski definition) is 1. The van der Waals surface area contributed by atoms with E-state index >= 15 is 0 Å². The first-order chi connectivity index (χ1) is 15.9. The van der Waals surface area contributed by atoms with E-state index in [0.717, 1.165) is 39.5 Å². The Balaban J connectivity index is 1.29. The summed E-state index contributed by atoms with van der Waals surface area (Å²) in [4.78, 5) is 32.9. The van der Waals surface area contributed by atoms with Crippen LogP contribution in [0.3, 0.4) is 0 Å². The summed E-state index contributed by atoms with van der Waals surface area (Å²) in [6, 6.07) is 16.3. The number of amides is 2. The standard InChI is InChI=1S/C27H31N3O2S/c1-18-8-10-22(11-9-18)26-29-20(3)25(33-26)27(32)30-14-12-21(13-15-30)16-24(31)28-17-23-7-5-4-6-19(23)2/h4-11,21H,12-17H2,1-3H3,(H,28,31). The van der Waals surface area contributed by atoms with E-state index in [-0.39, 0.29) is 11.8 Å². The lowest BCUT2D eigenvalue weighted by atomic mass is 9.93. The highest BCUT2D eigenvalue weighted by molar-refractivity contribution is 7.17. The molecule has 1 aromatic heterocycles. The fourth-order valence-electron chi connectivity index (χ4n) is 4.23. The number of rotatable bonds is 6. The highest BCUT2D eigenvalue weighted by Gasteiger charge is 2.27. The molecule has 0 bridgehead atoms. The normalized spacial score (nSPS) is 14.3. The molecule has 4 rings (SSSR count). The molecular weight excluding hydrogens is 430 g/mol. The first-order valence-corrected chi connectivity index (χ1v) is 12.4. The van der Waals surface area contributed by atoms with E-state index in [4.69, 9.17) is 0 Å². The smallest absolute Gasteiger partial charge is 0.265 e. The SMILES string of the molecule is Cc1ccc(-c2nc(C)c(C(=O)N3CCC(CC(=O)NCc4ccccc4C)CC3)s2)cc1. The van der Waals surface area contributed by atoms with Gasteiger partial charge in [-0.3, -0.25) is 9.59 Å². The van der Waals surface area contributed by atoms with Crippen LogP contribution in [-0.2, 0) is 11.3 Å². The Morgan fingerprint density at radius 2 is 1.73 bits per heavy atom. The van der Waals surface area contributed by atoms with Crippen molar-refractivity contribution >= 4 is 23.2 Å². The number of aromatic nitrogens is 1. The lowest BCUT2D eigenvalue weighted by Crippen LogP contribution is -2.39. The summed E-state index contributed by atoms with van der Waals surface area (Å²) in [5.74, 6) is 0.464. The third-order valence-electron chi connectivity index (χ3n) is 6.40. The Hall–Kier alpha value is -2.99. The van der Waals surface area contributed by atoms with Gasteiger partial charge in [0.05, 0.1) is 5.69 Å². The molecule has 0 unspecified atom stereocenters. The Morgan fingerprint density at radius 1 is 1.03 bits per heavy atom. The van der Waals surface area contributed by atoms with Crippen LogP contribution < -0.4 is 5.32 Å². The van der Waals surface area contributed by atoms with E-state index in [2.05, 4.69) is 54.5 Å². The van der Waals surface area contributed by atoms with Crippen LogP contribution in [0.25, 0.3) is 10.6 Å². The summed E-state index contributed by atoms with van der Waals surface area (Å²) >= 11 is 1.47. The maximum atomic E-state index is 13.2. The summed E-state index contributed by atoms with van der Waals surface area (Å²) in [5.41, 5.74) is 5.38. The molecule has 2 aromatic carbocycles. The molecule has 1 fully saturated rings. The average molecular weight is 462 g/mol. The lowest BCUT2D eigenvalue weighted by Gasteiger charge is -2.31. The second kappa shape index (κ2) is 10.3. The van der Waals surface area contributed by atoms with Gasteiger partial charge >= 0.3 is 0 Å². The molecule has 0 saturated carbocycles. The fourth-order valence-corrected chi connectivity index (χ4v) is 5.27. The molecule has 1 aliphatic heterocycles. The molecule has 3 aromatic rings. The predicted molar refractivity (Wildman–Crippen MR) is 133 cm³/mol. The van der Waals surface area contributed by atoms with Gasteiger partial charge in [-0.25, -0.2) is 4.98 Å². The van der Waals surface area contributed by atoms with Crippen molar-refractivity contribution in [3.05, 3.63) is 75.8 Å². The molecule has 6 heteroatoms. The van der Waals surface area contributed by atoms with Crippen LogP contribution in [0.4, 0.5) is 0 Å². The Morgan fingerprint density at radius 3 is 2.42 bits per heavy atom. The van der Waals surface area contributed by atoms with Crippen LogP contribution in [0.1, 0.15) is 51.3 Å². The molecule has 5 nitrogen and oxygen atoms in total. The molecule has 33 heavy (non-hydrogen) atoms. The molecule has 1 aliphatic rings. The van der Waals surface area contributed by atoms with Crippen molar-refractivity contribution in [3.63, 3.8) is 0 Å². The van der Waals surface area contributed by atoms with Gasteiger partial charge in [-0.15, -0.1) is 11.3 Å². The topological polar surface area (TPSA) is 62.3 Å². The summed E-state index contributed by atoms with van der Waals surface area (Å²) in [5, 5.41) is 3.94. The zero-order chi connectivity index (χ0) is 23.4. The second-order valence-electron chi connectivity index (χ2n) is 8.94. The number of nitrogens with zero attached hydrogens (tertiary/aromatic N) is 2. The second-order valence-corrected chi connectivity index (χ2v) is 9.94. The number of thiazole rings is 1.